The van der Waals surface area contributed by atoms with Crippen LogP contribution in [0.3, 0.4) is 0 Å². The summed E-state index contributed by atoms with van der Waals surface area (Å²) >= 11 is 5.43. The molecule has 2 atom stereocenters. The zero-order valence-electron chi connectivity index (χ0n) is 24.3. The molecule has 43 heavy (non-hydrogen) atoms. The molecule has 0 aliphatic heterocycles. The highest BCUT2D eigenvalue weighted by Crippen LogP contribution is 2.35. The van der Waals surface area contributed by atoms with E-state index < -0.39 is 23.5 Å². The zero-order valence-corrected chi connectivity index (χ0v) is 25.1. The largest absolute Gasteiger partial charge is 0.495 e. The Labute approximate surface area is 254 Å². The van der Waals surface area contributed by atoms with E-state index in [9.17, 15) is 14.0 Å². The first kappa shape index (κ1) is 31.2. The lowest BCUT2D eigenvalue weighted by molar-refractivity contribution is -0.128. The number of carbonyl (C=O) groups excluding carboxylic acids is 2. The average molecular weight is 609 g/mol. The molecule has 13 heteroatoms. The van der Waals surface area contributed by atoms with Crippen molar-refractivity contribution in [3.05, 3.63) is 54.4 Å². The van der Waals surface area contributed by atoms with Crippen LogP contribution in [0.4, 0.5) is 21.5 Å². The number of carbonyl (C=O) groups is 2. The van der Waals surface area contributed by atoms with Crippen molar-refractivity contribution in [3.63, 3.8) is 0 Å². The second kappa shape index (κ2) is 13.5. The van der Waals surface area contributed by atoms with Crippen molar-refractivity contribution in [1.29, 1.82) is 0 Å². The number of methoxy groups -OCH3 is 1. The van der Waals surface area contributed by atoms with Gasteiger partial charge in [-0.05, 0) is 26.2 Å². The Morgan fingerprint density at radius 1 is 1.23 bits per heavy atom. The van der Waals surface area contributed by atoms with Crippen LogP contribution in [0.5, 0.6) is 5.75 Å². The van der Waals surface area contributed by atoms with Crippen LogP contribution in [0.15, 0.2) is 48.8 Å². The Kier molecular flexibility index (Phi) is 9.80. The quantitative estimate of drug-likeness (QED) is 0.110. The highest BCUT2D eigenvalue weighted by atomic mass is 35.5. The number of nitrogens with two attached hydrogens (primary N) is 1. The van der Waals surface area contributed by atoms with Gasteiger partial charge < -0.3 is 35.5 Å². The number of nitrogen functional groups attached to an aromatic ring is 1. The first-order valence-electron chi connectivity index (χ1n) is 13.3. The van der Waals surface area contributed by atoms with Crippen molar-refractivity contribution in [3.8, 4) is 29.4 Å². The summed E-state index contributed by atoms with van der Waals surface area (Å²) in [6.45, 7) is 1.31. The van der Waals surface area contributed by atoms with Crippen molar-refractivity contribution >= 4 is 51.4 Å². The molecule has 2 amide bonds. The number of anilines is 3. The third-order valence-electron chi connectivity index (χ3n) is 6.96. The number of hydrogen-bond donors (Lipinski definition) is 4. The highest BCUT2D eigenvalue weighted by Gasteiger charge is 2.27. The molecule has 0 fully saturated rings. The molecule has 226 valence electrons. The summed E-state index contributed by atoms with van der Waals surface area (Å²) in [6, 6.07) is 9.56. The molecule has 0 saturated heterocycles. The third kappa shape index (κ3) is 7.02. The van der Waals surface area contributed by atoms with E-state index in [1.54, 1.807) is 29.1 Å². The molecule has 0 spiro atoms. The monoisotopic (exact) mass is 608 g/mol. The smallest absolute Gasteiger partial charge is 0.270 e. The van der Waals surface area contributed by atoms with Gasteiger partial charge in [0.15, 0.2) is 0 Å². The molecular weight excluding hydrogens is 575 g/mol. The average Bonchev–Trinajstić information content (AvgIpc) is 3.60. The zero-order chi connectivity index (χ0) is 31.3. The van der Waals surface area contributed by atoms with E-state index in [1.807, 2.05) is 55.2 Å². The number of nitrogens with zero attached hydrogens (tertiary/aromatic N) is 4. The van der Waals surface area contributed by atoms with Crippen LogP contribution in [0, 0.1) is 12.3 Å². The number of halogens is 2. The van der Waals surface area contributed by atoms with Gasteiger partial charge in [0.1, 0.15) is 11.8 Å². The molecule has 0 radical (unpaired) electrons. The number of nitrogens with one attached hydrogen (secondary N) is 3. The minimum absolute atomic E-state index is 0.0569. The Hall–Kier alpha value is -4.73. The number of aromatic nitrogens is 3. The molecule has 2 aromatic heterocycles. The normalized spacial score (nSPS) is 12.5. The van der Waals surface area contributed by atoms with Crippen molar-refractivity contribution in [1.82, 2.24) is 25.0 Å². The van der Waals surface area contributed by atoms with E-state index in [4.69, 9.17) is 28.5 Å². The van der Waals surface area contributed by atoms with E-state index >= 15 is 0 Å². The summed E-state index contributed by atoms with van der Waals surface area (Å²) in [7, 11) is 7.29. The van der Waals surface area contributed by atoms with Gasteiger partial charge in [0.25, 0.3) is 11.5 Å². The number of ether oxygens (including phenoxy) is 1. The van der Waals surface area contributed by atoms with Crippen molar-refractivity contribution in [2.75, 3.05) is 57.3 Å². The summed E-state index contributed by atoms with van der Waals surface area (Å²) < 4.78 is 21.0. The van der Waals surface area contributed by atoms with Gasteiger partial charge in [-0.1, -0.05) is 35.7 Å². The molecule has 0 bridgehead atoms. The molecule has 4 rings (SSSR count). The number of terminal acetylenes is 1. The Balaban J connectivity index is 1.72. The third-order valence-corrected chi connectivity index (χ3v) is 7.16. The van der Waals surface area contributed by atoms with Gasteiger partial charge in [-0.15, -0.1) is 6.42 Å². The topological polar surface area (TPSA) is 134 Å². The number of likely N-dealkylation sites (N-methyl/N-ethyl adjacent to an activating group) is 2. The van der Waals surface area contributed by atoms with Crippen LogP contribution in [-0.2, 0) is 16.1 Å². The van der Waals surface area contributed by atoms with Gasteiger partial charge in [-0.3, -0.25) is 14.7 Å². The summed E-state index contributed by atoms with van der Waals surface area (Å²) in [6.07, 6.45) is 9.01. The Morgan fingerprint density at radius 2 is 1.98 bits per heavy atom. The van der Waals surface area contributed by atoms with Gasteiger partial charge in [-0.25, -0.2) is 4.39 Å². The number of aromatic amines is 1. The maximum absolute atomic E-state index is 13.8. The number of amides is 2. The minimum Gasteiger partial charge on any atom is -0.495 e. The number of rotatable bonds is 12. The summed E-state index contributed by atoms with van der Waals surface area (Å²) in [5.74, 6) is 1.30. The van der Waals surface area contributed by atoms with Gasteiger partial charge in [0.2, 0.25) is 5.91 Å². The number of benzene rings is 2. The number of H-pyrrole nitrogens is 1. The fourth-order valence-electron chi connectivity index (χ4n) is 4.69. The summed E-state index contributed by atoms with van der Waals surface area (Å²) in [5, 5.41) is 13.1. The molecule has 11 nitrogen and oxygen atoms in total. The predicted molar refractivity (Wildman–Crippen MR) is 168 cm³/mol. The van der Waals surface area contributed by atoms with Crippen LogP contribution in [0.1, 0.15) is 5.56 Å². The second-order valence-corrected chi connectivity index (χ2v) is 10.6. The second-order valence-electron chi connectivity index (χ2n) is 10.2. The molecule has 0 saturated carbocycles. The lowest BCUT2D eigenvalue weighted by Gasteiger charge is -2.26. The highest BCUT2D eigenvalue weighted by molar-refractivity contribution is 6.29. The van der Waals surface area contributed by atoms with Gasteiger partial charge in [0.05, 0.1) is 48.2 Å². The maximum Gasteiger partial charge on any atom is 0.270 e. The SMILES string of the molecule is C#Cc1cn[nH]c1-c1cn(C[C@H](NC(=O)C(F)Cl)C(=O)Nc2cc(N)c(OC)cc2N(C)CCN(C)C)c2ccccc12. The van der Waals surface area contributed by atoms with Gasteiger partial charge >= 0.3 is 0 Å². The molecule has 0 aliphatic rings. The predicted octanol–water partition coefficient (Wildman–Crippen LogP) is 3.26. The van der Waals surface area contributed by atoms with Crippen LogP contribution < -0.4 is 26.0 Å². The van der Waals surface area contributed by atoms with Crippen molar-refractivity contribution in [2.24, 2.45) is 0 Å². The molecule has 2 aromatic carbocycles. The fraction of sp³-hybridized carbons (Fsp3) is 0.300. The number of hydrogen-bond acceptors (Lipinski definition) is 7. The Morgan fingerprint density at radius 3 is 2.65 bits per heavy atom. The number of alkyl halides is 2. The lowest BCUT2D eigenvalue weighted by Crippen LogP contribution is -2.48. The first-order valence-corrected chi connectivity index (χ1v) is 13.8. The van der Waals surface area contributed by atoms with E-state index in [1.165, 1.54) is 7.11 Å². The first-order chi connectivity index (χ1) is 20.5. The fourth-order valence-corrected chi connectivity index (χ4v) is 4.76. The molecular formula is C30H34ClFN8O3. The van der Waals surface area contributed by atoms with Crippen LogP contribution in [-0.4, -0.2) is 84.5 Å². The Bertz CT molecular complexity index is 1660. The molecule has 5 N–H and O–H groups in total. The van der Waals surface area contributed by atoms with E-state index in [-0.39, 0.29) is 6.54 Å². The maximum atomic E-state index is 13.8. The van der Waals surface area contributed by atoms with E-state index in [0.29, 0.717) is 40.6 Å². The van der Waals surface area contributed by atoms with Crippen molar-refractivity contribution < 1.29 is 18.7 Å². The van der Waals surface area contributed by atoms with Gasteiger partial charge in [0, 0.05) is 48.9 Å². The van der Waals surface area contributed by atoms with Crippen LogP contribution >= 0.6 is 11.6 Å². The number of fused-ring (bicyclic) bond motifs is 1. The molecule has 0 aliphatic carbocycles. The molecule has 4 aromatic rings. The molecule has 2 heterocycles. The van der Waals surface area contributed by atoms with E-state index in [2.05, 4.69) is 26.8 Å². The van der Waals surface area contributed by atoms with Crippen LogP contribution in [0.2, 0.25) is 0 Å². The standard InChI is InChI=1S/C30H34ClFN8O3/c1-6-18-15-34-37-27(18)20-16-40(24-10-8-7-9-19(20)24)17-23(36-30(42)28(31)32)29(41)35-22-13-21(33)26(43-5)14-25(22)39(4)12-11-38(2)3/h1,7-10,13-16,23,28H,11-12,17,33H2,2-5H3,(H,34,37)(H,35,41)(H,36,42)/t23-,28?/m0/s1. The van der Waals surface area contributed by atoms with Gasteiger partial charge in [-0.2, -0.15) is 5.10 Å². The van der Waals surface area contributed by atoms with Crippen molar-refractivity contribution in [2.45, 2.75) is 18.2 Å². The van der Waals surface area contributed by atoms with E-state index in [0.717, 1.165) is 23.0 Å². The molecule has 1 unspecified atom stereocenters. The summed E-state index contributed by atoms with van der Waals surface area (Å²) in [5.41, 5.74) is 7.87. The van der Waals surface area contributed by atoms with Crippen LogP contribution in [0.25, 0.3) is 22.2 Å². The number of para-hydroxylation sites is 1. The lowest BCUT2D eigenvalue weighted by atomic mass is 10.1. The summed E-state index contributed by atoms with van der Waals surface area (Å²) in [4.78, 5) is 30.2. The minimum atomic E-state index is -2.35.